The van der Waals surface area contributed by atoms with Crippen LogP contribution in [-0.4, -0.2) is 46.8 Å². The Labute approximate surface area is 187 Å². The molecule has 2 aromatic carbocycles. The van der Waals surface area contributed by atoms with Crippen LogP contribution in [0, 0.1) is 0 Å². The zero-order chi connectivity index (χ0) is 23.5. The summed E-state index contributed by atoms with van der Waals surface area (Å²) in [5, 5.41) is 0.931. The topological polar surface area (TPSA) is 65.6 Å². The molecule has 1 aromatic heterocycles. The minimum Gasteiger partial charge on any atom is -0.497 e. The number of benzene rings is 2. The van der Waals surface area contributed by atoms with E-state index in [9.17, 15) is 22.8 Å². The molecule has 1 fully saturated rings. The van der Waals surface area contributed by atoms with Crippen LogP contribution in [-0.2, 0) is 34.3 Å². The van der Waals surface area contributed by atoms with Crippen molar-refractivity contribution in [2.75, 3.05) is 20.2 Å². The van der Waals surface area contributed by atoms with Gasteiger partial charge in [-0.1, -0.05) is 12.1 Å². The summed E-state index contributed by atoms with van der Waals surface area (Å²) in [7, 11) is 1.58. The molecular formula is C24H22F3N3O3. The predicted molar refractivity (Wildman–Crippen MR) is 114 cm³/mol. The molecule has 0 spiro atoms. The number of hydrogen-bond donors (Lipinski definition) is 1. The van der Waals surface area contributed by atoms with Crippen molar-refractivity contribution >= 4 is 22.7 Å². The van der Waals surface area contributed by atoms with Crippen LogP contribution in [0.4, 0.5) is 13.2 Å². The molecule has 3 heterocycles. The van der Waals surface area contributed by atoms with E-state index >= 15 is 0 Å². The number of nitrogens with one attached hydrogen (secondary N) is 1. The smallest absolute Gasteiger partial charge is 0.416 e. The standard InChI is InChI=1S/C24H22F3N3O3/c1-23-21-17(18-11-16(33-2)6-7-19(18)28-21)8-9-30(23)20(31)13-29(22(23)32)12-14-4-3-5-15(10-14)24(25,26)27/h3-7,10-11,28H,8-9,12-13H2,1-2H3/t23-/m0/s1. The molecule has 0 radical (unpaired) electrons. The number of rotatable bonds is 3. The molecule has 1 N–H and O–H groups in total. The van der Waals surface area contributed by atoms with Gasteiger partial charge in [-0.3, -0.25) is 9.59 Å². The molecule has 2 aliphatic rings. The lowest BCUT2D eigenvalue weighted by atomic mass is 9.83. The van der Waals surface area contributed by atoms with Gasteiger partial charge in [0.15, 0.2) is 5.54 Å². The summed E-state index contributed by atoms with van der Waals surface area (Å²) in [6.45, 7) is 1.83. The number of carbonyl (C=O) groups is 2. The predicted octanol–water partition coefficient (Wildman–Crippen LogP) is 3.84. The number of piperazine rings is 1. The molecule has 172 valence electrons. The lowest BCUT2D eigenvalue weighted by Crippen LogP contribution is -2.66. The summed E-state index contributed by atoms with van der Waals surface area (Å²) in [4.78, 5) is 33.0. The van der Waals surface area contributed by atoms with Gasteiger partial charge in [0.25, 0.3) is 5.91 Å². The molecule has 3 aromatic rings. The van der Waals surface area contributed by atoms with E-state index in [1.807, 2.05) is 18.2 Å². The van der Waals surface area contributed by atoms with E-state index in [2.05, 4.69) is 4.98 Å². The maximum absolute atomic E-state index is 13.7. The van der Waals surface area contributed by atoms with Gasteiger partial charge in [-0.15, -0.1) is 0 Å². The van der Waals surface area contributed by atoms with Crippen LogP contribution in [0.3, 0.4) is 0 Å². The van der Waals surface area contributed by atoms with E-state index in [0.29, 0.717) is 30.0 Å². The average Bonchev–Trinajstić information content (AvgIpc) is 3.16. The highest BCUT2D eigenvalue weighted by atomic mass is 19.4. The molecule has 2 amide bonds. The molecule has 6 nitrogen and oxygen atoms in total. The zero-order valence-corrected chi connectivity index (χ0v) is 18.1. The van der Waals surface area contributed by atoms with Crippen molar-refractivity contribution in [1.29, 1.82) is 0 Å². The highest BCUT2D eigenvalue weighted by molar-refractivity contribution is 6.00. The van der Waals surface area contributed by atoms with Gasteiger partial charge in [0, 0.05) is 24.0 Å². The molecule has 0 saturated carbocycles. The van der Waals surface area contributed by atoms with E-state index in [-0.39, 0.29) is 24.9 Å². The number of H-pyrrole nitrogens is 1. The largest absolute Gasteiger partial charge is 0.497 e. The fraction of sp³-hybridized carbons (Fsp3) is 0.333. The van der Waals surface area contributed by atoms with Crippen molar-refractivity contribution in [3.05, 3.63) is 64.8 Å². The number of fused-ring (bicyclic) bond motifs is 5. The van der Waals surface area contributed by atoms with E-state index in [0.717, 1.165) is 28.6 Å². The number of halogens is 3. The highest BCUT2D eigenvalue weighted by Crippen LogP contribution is 2.43. The lowest BCUT2D eigenvalue weighted by Gasteiger charge is -2.49. The second-order valence-corrected chi connectivity index (χ2v) is 8.62. The number of alkyl halides is 3. The molecule has 1 atom stereocenters. The number of hydrogen-bond acceptors (Lipinski definition) is 3. The fourth-order valence-electron chi connectivity index (χ4n) is 5.03. The molecule has 33 heavy (non-hydrogen) atoms. The van der Waals surface area contributed by atoms with E-state index < -0.39 is 17.3 Å². The first-order chi connectivity index (χ1) is 15.6. The van der Waals surface area contributed by atoms with Gasteiger partial charge in [-0.2, -0.15) is 13.2 Å². The number of ether oxygens (including phenoxy) is 1. The lowest BCUT2D eigenvalue weighted by molar-refractivity contribution is -0.166. The van der Waals surface area contributed by atoms with Gasteiger partial charge in [0.2, 0.25) is 5.91 Å². The molecule has 0 bridgehead atoms. The minimum absolute atomic E-state index is 0.0820. The van der Waals surface area contributed by atoms with E-state index in [1.54, 1.807) is 18.9 Å². The van der Waals surface area contributed by atoms with Crippen LogP contribution in [0.2, 0.25) is 0 Å². The Kier molecular flexibility index (Phi) is 4.70. The Hall–Kier alpha value is -3.49. The Morgan fingerprint density at radius 1 is 1.15 bits per heavy atom. The number of methoxy groups -OCH3 is 1. The van der Waals surface area contributed by atoms with Crippen molar-refractivity contribution in [2.45, 2.75) is 31.6 Å². The third kappa shape index (κ3) is 3.25. The summed E-state index contributed by atoms with van der Waals surface area (Å²) >= 11 is 0. The normalized spacial score (nSPS) is 20.8. The van der Waals surface area contributed by atoms with E-state index in [1.165, 1.54) is 17.0 Å². The molecular weight excluding hydrogens is 435 g/mol. The summed E-state index contributed by atoms with van der Waals surface area (Å²) in [5.41, 5.74) is 0.693. The Morgan fingerprint density at radius 3 is 2.67 bits per heavy atom. The molecule has 9 heteroatoms. The van der Waals surface area contributed by atoms with Crippen molar-refractivity contribution in [3.63, 3.8) is 0 Å². The second kappa shape index (κ2) is 7.26. The van der Waals surface area contributed by atoms with Gasteiger partial charge >= 0.3 is 6.18 Å². The molecule has 0 unspecified atom stereocenters. The summed E-state index contributed by atoms with van der Waals surface area (Å²) in [6, 6.07) is 10.4. The highest BCUT2D eigenvalue weighted by Gasteiger charge is 2.54. The zero-order valence-electron chi connectivity index (χ0n) is 18.1. The van der Waals surface area contributed by atoms with E-state index in [4.69, 9.17) is 4.74 Å². The van der Waals surface area contributed by atoms with Gasteiger partial charge in [0.1, 0.15) is 12.3 Å². The third-order valence-corrected chi connectivity index (χ3v) is 6.68. The number of carbonyl (C=O) groups excluding carboxylic acids is 2. The summed E-state index contributed by atoms with van der Waals surface area (Å²) < 4.78 is 44.7. The second-order valence-electron chi connectivity index (χ2n) is 8.62. The van der Waals surface area contributed by atoms with Crippen molar-refractivity contribution in [3.8, 4) is 5.75 Å². The SMILES string of the molecule is COc1ccc2[nH]c3c(c2c1)CCN1C(=O)CN(Cc2cccc(C(F)(F)F)c2)C(=O)[C@]31C. The van der Waals surface area contributed by atoms with Crippen LogP contribution in [0.15, 0.2) is 42.5 Å². The number of aromatic amines is 1. The maximum atomic E-state index is 13.7. The first kappa shape index (κ1) is 21.4. The Morgan fingerprint density at radius 2 is 1.94 bits per heavy atom. The quantitative estimate of drug-likeness (QED) is 0.650. The third-order valence-electron chi connectivity index (χ3n) is 6.68. The summed E-state index contributed by atoms with van der Waals surface area (Å²) in [5.74, 6) is 0.138. The van der Waals surface area contributed by atoms with Gasteiger partial charge in [-0.05, 0) is 54.8 Å². The van der Waals surface area contributed by atoms with Crippen molar-refractivity contribution in [1.82, 2.24) is 14.8 Å². The molecule has 1 saturated heterocycles. The van der Waals surface area contributed by atoms with Crippen molar-refractivity contribution < 1.29 is 27.5 Å². The maximum Gasteiger partial charge on any atom is 0.416 e. The van der Waals surface area contributed by atoms with Crippen LogP contribution in [0.1, 0.15) is 29.3 Å². The monoisotopic (exact) mass is 457 g/mol. The number of amides is 2. The fourth-order valence-corrected chi connectivity index (χ4v) is 5.03. The molecule has 2 aliphatic heterocycles. The van der Waals surface area contributed by atoms with Gasteiger partial charge in [0.05, 0.1) is 18.4 Å². The first-order valence-corrected chi connectivity index (χ1v) is 10.6. The molecule has 5 rings (SSSR count). The van der Waals surface area contributed by atoms with Crippen LogP contribution < -0.4 is 4.74 Å². The number of nitrogens with zero attached hydrogens (tertiary/aromatic N) is 2. The van der Waals surface area contributed by atoms with Gasteiger partial charge in [-0.25, -0.2) is 0 Å². The van der Waals surface area contributed by atoms with Crippen LogP contribution in [0.25, 0.3) is 10.9 Å². The van der Waals surface area contributed by atoms with Crippen molar-refractivity contribution in [2.24, 2.45) is 0 Å². The van der Waals surface area contributed by atoms with Crippen LogP contribution >= 0.6 is 0 Å². The molecule has 0 aliphatic carbocycles. The first-order valence-electron chi connectivity index (χ1n) is 10.6. The Balaban J connectivity index is 1.55. The van der Waals surface area contributed by atoms with Crippen LogP contribution in [0.5, 0.6) is 5.75 Å². The van der Waals surface area contributed by atoms with Gasteiger partial charge < -0.3 is 19.5 Å². The number of aromatic nitrogens is 1. The minimum atomic E-state index is -4.48. The Bertz CT molecular complexity index is 1280. The average molecular weight is 457 g/mol. The summed E-state index contributed by atoms with van der Waals surface area (Å²) in [6.07, 6.45) is -3.89.